The predicted molar refractivity (Wildman–Crippen MR) is 108 cm³/mol. The highest BCUT2D eigenvalue weighted by molar-refractivity contribution is 6.07. The molecule has 2 aromatic carbocycles. The Morgan fingerprint density at radius 1 is 1.07 bits per heavy atom. The van der Waals surface area contributed by atoms with Gasteiger partial charge in [0.1, 0.15) is 5.75 Å². The lowest BCUT2D eigenvalue weighted by Crippen LogP contribution is -2.50. The quantitative estimate of drug-likeness (QED) is 0.719. The van der Waals surface area contributed by atoms with Gasteiger partial charge in [0.25, 0.3) is 5.91 Å². The van der Waals surface area contributed by atoms with Crippen LogP contribution in [0.15, 0.2) is 36.4 Å². The second kappa shape index (κ2) is 7.00. The van der Waals surface area contributed by atoms with E-state index in [0.29, 0.717) is 11.5 Å². The first-order chi connectivity index (χ1) is 14.0. The molecule has 3 heterocycles. The number of nitrogens with one attached hydrogen (secondary N) is 1. The number of hydrogen-bond donors (Lipinski definition) is 3. The highest BCUT2D eigenvalue weighted by Crippen LogP contribution is 2.34. The summed E-state index contributed by atoms with van der Waals surface area (Å²) in [5.74, 6) is 0.363. The number of phenols is 1. The van der Waals surface area contributed by atoms with Gasteiger partial charge in [-0.25, -0.2) is 0 Å². The van der Waals surface area contributed by atoms with Crippen molar-refractivity contribution in [3.05, 3.63) is 42.0 Å². The number of aliphatic hydroxyl groups excluding tert-OH is 1. The molecule has 152 valence electrons. The summed E-state index contributed by atoms with van der Waals surface area (Å²) >= 11 is 0. The van der Waals surface area contributed by atoms with Crippen molar-refractivity contribution in [2.45, 2.75) is 31.0 Å². The number of piperidine rings is 1. The maximum Gasteiger partial charge on any atom is 0.254 e. The topological polar surface area (TPSA) is 93.1 Å². The number of fused-ring (bicyclic) bond motifs is 3. The van der Waals surface area contributed by atoms with Crippen LogP contribution in [0.3, 0.4) is 0 Å². The Bertz CT molecular complexity index is 958. The minimum absolute atomic E-state index is 0.0241. The van der Waals surface area contributed by atoms with E-state index in [9.17, 15) is 19.8 Å². The number of phenolic OH excluding ortho intramolecular Hbond substituents is 1. The number of β-amino-alcohol motifs (C(OH)–C–C–N with tert-alkyl or cyclic N) is 1. The molecular weight excluding hydrogens is 370 g/mol. The zero-order chi connectivity index (χ0) is 20.1. The van der Waals surface area contributed by atoms with E-state index in [0.717, 1.165) is 36.7 Å². The van der Waals surface area contributed by atoms with Crippen LogP contribution in [0.5, 0.6) is 5.75 Å². The van der Waals surface area contributed by atoms with Crippen LogP contribution in [0.1, 0.15) is 23.2 Å². The molecule has 2 aromatic rings. The minimum Gasteiger partial charge on any atom is -0.508 e. The molecule has 0 aliphatic carbocycles. The number of likely N-dealkylation sites (tertiary alicyclic amines) is 1. The van der Waals surface area contributed by atoms with E-state index in [4.69, 9.17) is 0 Å². The fraction of sp³-hybridized carbons (Fsp3) is 0.455. The molecule has 0 aromatic heterocycles. The molecule has 2 amide bonds. The van der Waals surface area contributed by atoms with Crippen LogP contribution in [0.4, 0.5) is 0 Å². The van der Waals surface area contributed by atoms with Crippen molar-refractivity contribution >= 4 is 22.6 Å². The SMILES string of the molecule is O=C(N[C@@H]1CN(C(=O)c2cccc3cc(O)ccc23)C[C@H]1O)C1C2CCN1CC2. The van der Waals surface area contributed by atoms with Crippen LogP contribution in [0, 0.1) is 5.92 Å². The number of nitrogens with zero attached hydrogens (tertiary/aromatic N) is 2. The average Bonchev–Trinajstić information content (AvgIpc) is 3.41. The summed E-state index contributed by atoms with van der Waals surface area (Å²) in [6.07, 6.45) is 1.34. The molecule has 7 heteroatoms. The van der Waals surface area contributed by atoms with Crippen molar-refractivity contribution in [3.63, 3.8) is 0 Å². The molecule has 0 radical (unpaired) electrons. The summed E-state index contributed by atoms with van der Waals surface area (Å²) in [4.78, 5) is 29.7. The van der Waals surface area contributed by atoms with Crippen LogP contribution >= 0.6 is 0 Å². The summed E-state index contributed by atoms with van der Waals surface area (Å²) in [6, 6.07) is 9.76. The van der Waals surface area contributed by atoms with E-state index in [-0.39, 0.29) is 36.7 Å². The second-order valence-electron chi connectivity index (χ2n) is 8.42. The number of rotatable bonds is 3. The highest BCUT2D eigenvalue weighted by Gasteiger charge is 2.45. The third-order valence-corrected chi connectivity index (χ3v) is 6.68. The Labute approximate surface area is 168 Å². The lowest BCUT2D eigenvalue weighted by atomic mass is 9.99. The number of carbonyl (C=O) groups excluding carboxylic acids is 2. The Balaban J connectivity index is 1.31. The lowest BCUT2D eigenvalue weighted by Gasteiger charge is -2.22. The summed E-state index contributed by atoms with van der Waals surface area (Å²) in [5.41, 5.74) is 0.529. The van der Waals surface area contributed by atoms with Gasteiger partial charge < -0.3 is 20.4 Å². The van der Waals surface area contributed by atoms with Gasteiger partial charge in [0, 0.05) is 18.7 Å². The summed E-state index contributed by atoms with van der Waals surface area (Å²) in [7, 11) is 0. The van der Waals surface area contributed by atoms with Crippen molar-refractivity contribution in [2.24, 2.45) is 5.92 Å². The fourth-order valence-electron chi connectivity index (χ4n) is 5.18. The zero-order valence-corrected chi connectivity index (χ0v) is 16.1. The van der Waals surface area contributed by atoms with E-state index in [1.807, 2.05) is 6.07 Å². The van der Waals surface area contributed by atoms with Gasteiger partial charge in [-0.2, -0.15) is 0 Å². The van der Waals surface area contributed by atoms with Gasteiger partial charge in [0.15, 0.2) is 0 Å². The monoisotopic (exact) mass is 395 g/mol. The van der Waals surface area contributed by atoms with Crippen molar-refractivity contribution in [2.75, 3.05) is 26.2 Å². The molecule has 5 rings (SSSR count). The van der Waals surface area contributed by atoms with Crippen LogP contribution in [0.2, 0.25) is 0 Å². The Kier molecular flexibility index (Phi) is 4.44. The number of aliphatic hydroxyl groups is 1. The van der Waals surface area contributed by atoms with Gasteiger partial charge in [0.2, 0.25) is 5.91 Å². The van der Waals surface area contributed by atoms with Crippen LogP contribution in [0.25, 0.3) is 10.8 Å². The molecule has 3 fully saturated rings. The van der Waals surface area contributed by atoms with Crippen molar-refractivity contribution in [3.8, 4) is 5.75 Å². The Morgan fingerprint density at radius 3 is 2.59 bits per heavy atom. The Hall–Kier alpha value is -2.64. The summed E-state index contributed by atoms with van der Waals surface area (Å²) in [6.45, 7) is 2.42. The number of aromatic hydroxyl groups is 1. The van der Waals surface area contributed by atoms with E-state index in [1.54, 1.807) is 35.2 Å². The van der Waals surface area contributed by atoms with E-state index in [1.165, 1.54) is 0 Å². The van der Waals surface area contributed by atoms with Gasteiger partial charge in [-0.15, -0.1) is 0 Å². The smallest absolute Gasteiger partial charge is 0.254 e. The molecule has 1 unspecified atom stereocenters. The van der Waals surface area contributed by atoms with Crippen LogP contribution in [-0.2, 0) is 4.79 Å². The van der Waals surface area contributed by atoms with Crippen molar-refractivity contribution < 1.29 is 19.8 Å². The molecule has 3 aliphatic rings. The van der Waals surface area contributed by atoms with Crippen LogP contribution < -0.4 is 5.32 Å². The first-order valence-electron chi connectivity index (χ1n) is 10.2. The molecule has 3 aliphatic heterocycles. The maximum atomic E-state index is 13.1. The van der Waals surface area contributed by atoms with Crippen LogP contribution in [-0.4, -0.2) is 76.2 Å². The van der Waals surface area contributed by atoms with E-state index in [2.05, 4.69) is 10.2 Å². The number of amides is 2. The maximum absolute atomic E-state index is 13.1. The Morgan fingerprint density at radius 2 is 1.86 bits per heavy atom. The standard InChI is InChI=1S/C22H25N3O4/c26-15-4-5-16-14(10-15)2-1-3-17(16)22(29)25-11-18(19(27)12-25)23-21(28)20-13-6-8-24(20)9-7-13/h1-5,10,13,18-20,26-27H,6-9,11-12H2,(H,23,28)/t18-,19-,20?/m1/s1. The number of hydrogen-bond acceptors (Lipinski definition) is 5. The minimum atomic E-state index is -0.782. The number of carbonyl (C=O) groups is 2. The molecule has 3 atom stereocenters. The third kappa shape index (κ3) is 3.14. The molecule has 3 N–H and O–H groups in total. The molecular formula is C22H25N3O4. The van der Waals surface area contributed by atoms with Gasteiger partial charge >= 0.3 is 0 Å². The van der Waals surface area contributed by atoms with Gasteiger partial charge in [-0.1, -0.05) is 12.1 Å². The van der Waals surface area contributed by atoms with Gasteiger partial charge in [0.05, 0.1) is 18.2 Å². The van der Waals surface area contributed by atoms with Crippen molar-refractivity contribution in [1.29, 1.82) is 0 Å². The fourth-order valence-corrected chi connectivity index (χ4v) is 5.18. The van der Waals surface area contributed by atoms with Crippen molar-refractivity contribution in [1.82, 2.24) is 15.1 Å². The normalized spacial score (nSPS) is 30.8. The summed E-state index contributed by atoms with van der Waals surface area (Å²) < 4.78 is 0. The molecule has 7 nitrogen and oxygen atoms in total. The lowest BCUT2D eigenvalue weighted by molar-refractivity contribution is -0.126. The molecule has 0 spiro atoms. The molecule has 0 saturated carbocycles. The number of benzene rings is 2. The molecule has 29 heavy (non-hydrogen) atoms. The first-order valence-corrected chi connectivity index (χ1v) is 10.2. The average molecular weight is 395 g/mol. The molecule has 3 saturated heterocycles. The molecule has 2 bridgehead atoms. The summed E-state index contributed by atoms with van der Waals surface area (Å²) in [5, 5.41) is 24.7. The zero-order valence-electron chi connectivity index (χ0n) is 16.1. The van der Waals surface area contributed by atoms with E-state index >= 15 is 0 Å². The largest absolute Gasteiger partial charge is 0.508 e. The third-order valence-electron chi connectivity index (χ3n) is 6.68. The predicted octanol–water partition coefficient (Wildman–Crippen LogP) is 0.941. The van der Waals surface area contributed by atoms with Gasteiger partial charge in [-0.05, 0) is 66.9 Å². The first kappa shape index (κ1) is 18.4. The van der Waals surface area contributed by atoms with Gasteiger partial charge in [-0.3, -0.25) is 14.5 Å². The van der Waals surface area contributed by atoms with E-state index < -0.39 is 12.1 Å². The second-order valence-corrected chi connectivity index (χ2v) is 8.42. The highest BCUT2D eigenvalue weighted by atomic mass is 16.3.